The fourth-order valence-corrected chi connectivity index (χ4v) is 3.50. The highest BCUT2D eigenvalue weighted by atomic mass is 35.5. The Morgan fingerprint density at radius 1 is 1.20 bits per heavy atom. The molecule has 110 valence electrons. The Balaban J connectivity index is 1.57. The van der Waals surface area contributed by atoms with E-state index in [0.717, 1.165) is 24.4 Å². The van der Waals surface area contributed by atoms with Gasteiger partial charge in [0.15, 0.2) is 11.5 Å². The second-order valence-electron chi connectivity index (χ2n) is 6.29. The van der Waals surface area contributed by atoms with Crippen LogP contribution in [0, 0.1) is 5.41 Å². The van der Waals surface area contributed by atoms with Gasteiger partial charge in [-0.15, -0.1) is 0 Å². The molecule has 0 saturated heterocycles. The number of benzene rings is 1. The van der Waals surface area contributed by atoms with Gasteiger partial charge < -0.3 is 14.8 Å². The van der Waals surface area contributed by atoms with Crippen molar-refractivity contribution in [1.29, 1.82) is 0 Å². The van der Waals surface area contributed by atoms with Crippen LogP contribution >= 0.6 is 11.6 Å². The van der Waals surface area contributed by atoms with Crippen molar-refractivity contribution in [2.24, 2.45) is 5.41 Å². The molecule has 0 bridgehead atoms. The molecular formula is C16H22ClNO2. The number of rotatable bonds is 4. The average Bonchev–Trinajstić information content (AvgIpc) is 2.88. The molecule has 3 rings (SSSR count). The van der Waals surface area contributed by atoms with Gasteiger partial charge in [0, 0.05) is 13.1 Å². The van der Waals surface area contributed by atoms with E-state index in [9.17, 15) is 0 Å². The summed E-state index contributed by atoms with van der Waals surface area (Å²) in [5.41, 5.74) is 1.61. The Labute approximate surface area is 125 Å². The van der Waals surface area contributed by atoms with Crippen molar-refractivity contribution in [2.45, 2.75) is 45.6 Å². The number of halogens is 1. The molecule has 0 amide bonds. The Bertz CT molecular complexity index is 484. The van der Waals surface area contributed by atoms with Crippen molar-refractivity contribution < 1.29 is 9.47 Å². The first-order valence-corrected chi connectivity index (χ1v) is 7.83. The molecule has 0 aromatic heterocycles. The van der Waals surface area contributed by atoms with Gasteiger partial charge in [-0.25, -0.2) is 0 Å². The maximum atomic E-state index is 6.20. The highest BCUT2D eigenvalue weighted by Crippen LogP contribution is 2.40. The van der Waals surface area contributed by atoms with Gasteiger partial charge in [0.05, 0.1) is 5.02 Å². The summed E-state index contributed by atoms with van der Waals surface area (Å²) in [6.07, 6.45) is 6.80. The zero-order chi connectivity index (χ0) is 14.0. The van der Waals surface area contributed by atoms with Crippen LogP contribution in [0.5, 0.6) is 11.5 Å². The third-order valence-corrected chi connectivity index (χ3v) is 4.71. The zero-order valence-corrected chi connectivity index (χ0v) is 12.8. The van der Waals surface area contributed by atoms with Gasteiger partial charge in [0.25, 0.3) is 0 Å². The van der Waals surface area contributed by atoms with Crippen LogP contribution in [0.2, 0.25) is 5.02 Å². The van der Waals surface area contributed by atoms with Gasteiger partial charge in [0.1, 0.15) is 0 Å². The highest BCUT2D eigenvalue weighted by Gasteiger charge is 2.26. The summed E-state index contributed by atoms with van der Waals surface area (Å²) in [5, 5.41) is 4.21. The molecule has 0 spiro atoms. The van der Waals surface area contributed by atoms with E-state index >= 15 is 0 Å². The summed E-state index contributed by atoms with van der Waals surface area (Å²) in [6.45, 7) is 4.56. The Morgan fingerprint density at radius 2 is 2.00 bits per heavy atom. The van der Waals surface area contributed by atoms with Gasteiger partial charge >= 0.3 is 0 Å². The SMILES string of the molecule is CC1(CNCc2cc(Cl)c3c(c2)OCO3)CCCCC1. The Kier molecular flexibility index (Phi) is 4.08. The summed E-state index contributed by atoms with van der Waals surface area (Å²) in [6, 6.07) is 3.98. The van der Waals surface area contributed by atoms with E-state index in [1.807, 2.05) is 12.1 Å². The minimum absolute atomic E-state index is 0.268. The van der Waals surface area contributed by atoms with Gasteiger partial charge in [0.2, 0.25) is 6.79 Å². The second-order valence-corrected chi connectivity index (χ2v) is 6.69. The van der Waals surface area contributed by atoms with E-state index in [2.05, 4.69) is 12.2 Å². The molecule has 20 heavy (non-hydrogen) atoms. The fourth-order valence-electron chi connectivity index (χ4n) is 3.21. The number of hydrogen-bond acceptors (Lipinski definition) is 3. The van der Waals surface area contributed by atoms with E-state index in [-0.39, 0.29) is 6.79 Å². The van der Waals surface area contributed by atoms with Crippen molar-refractivity contribution in [1.82, 2.24) is 5.32 Å². The maximum absolute atomic E-state index is 6.20. The first-order valence-electron chi connectivity index (χ1n) is 7.45. The van der Waals surface area contributed by atoms with Gasteiger partial charge in [-0.1, -0.05) is 37.8 Å². The predicted octanol–water partition coefficient (Wildman–Crippen LogP) is 4.13. The van der Waals surface area contributed by atoms with E-state index in [4.69, 9.17) is 21.1 Å². The minimum Gasteiger partial charge on any atom is -0.454 e. The lowest BCUT2D eigenvalue weighted by Crippen LogP contribution is -2.33. The van der Waals surface area contributed by atoms with Gasteiger partial charge in [-0.3, -0.25) is 0 Å². The van der Waals surface area contributed by atoms with Crippen LogP contribution in [0.15, 0.2) is 12.1 Å². The number of nitrogens with one attached hydrogen (secondary N) is 1. The van der Waals surface area contributed by atoms with Crippen LogP contribution in [0.1, 0.15) is 44.6 Å². The third kappa shape index (κ3) is 3.04. The lowest BCUT2D eigenvalue weighted by atomic mass is 9.76. The Hall–Kier alpha value is -0.930. The average molecular weight is 296 g/mol. The summed E-state index contributed by atoms with van der Waals surface area (Å²) >= 11 is 6.20. The molecule has 1 N–H and O–H groups in total. The normalized spacial score (nSPS) is 20.1. The number of ether oxygens (including phenoxy) is 2. The highest BCUT2D eigenvalue weighted by molar-refractivity contribution is 6.32. The van der Waals surface area contributed by atoms with Gasteiger partial charge in [-0.2, -0.15) is 0 Å². The molecule has 1 aliphatic heterocycles. The van der Waals surface area contributed by atoms with Crippen molar-refractivity contribution in [3.8, 4) is 11.5 Å². The topological polar surface area (TPSA) is 30.5 Å². The van der Waals surface area contributed by atoms with E-state index < -0.39 is 0 Å². The molecule has 0 atom stereocenters. The molecule has 3 nitrogen and oxygen atoms in total. The van der Waals surface area contributed by atoms with Crippen LogP contribution in [0.4, 0.5) is 0 Å². The zero-order valence-electron chi connectivity index (χ0n) is 12.0. The number of hydrogen-bond donors (Lipinski definition) is 1. The van der Waals surface area contributed by atoms with Crippen LogP contribution < -0.4 is 14.8 Å². The summed E-state index contributed by atoms with van der Waals surface area (Å²) in [7, 11) is 0. The first kappa shape index (κ1) is 14.0. The maximum Gasteiger partial charge on any atom is 0.231 e. The predicted molar refractivity (Wildman–Crippen MR) is 80.5 cm³/mol. The van der Waals surface area contributed by atoms with Gasteiger partial charge in [-0.05, 0) is 36.0 Å². The van der Waals surface area contributed by atoms with Crippen molar-refractivity contribution >= 4 is 11.6 Å². The summed E-state index contributed by atoms with van der Waals surface area (Å²) in [5.74, 6) is 1.44. The molecule has 1 aromatic carbocycles. The van der Waals surface area contributed by atoms with Crippen molar-refractivity contribution in [3.05, 3.63) is 22.7 Å². The minimum atomic E-state index is 0.268. The molecule has 0 unspecified atom stereocenters. The second kappa shape index (κ2) is 5.82. The standard InChI is InChI=1S/C16H22ClNO2/c1-16(5-3-2-4-6-16)10-18-9-12-7-13(17)15-14(8-12)19-11-20-15/h7-8,18H,2-6,9-11H2,1H3. The quantitative estimate of drug-likeness (QED) is 0.906. The molecule has 1 aromatic rings. The monoisotopic (exact) mass is 295 g/mol. The van der Waals surface area contributed by atoms with Crippen LogP contribution in [0.3, 0.4) is 0 Å². The van der Waals surface area contributed by atoms with Crippen LogP contribution in [0.25, 0.3) is 0 Å². The van der Waals surface area contributed by atoms with E-state index in [1.54, 1.807) is 0 Å². The van der Waals surface area contributed by atoms with E-state index in [1.165, 1.54) is 32.1 Å². The lowest BCUT2D eigenvalue weighted by molar-refractivity contribution is 0.174. The molecule has 2 aliphatic rings. The first-order chi connectivity index (χ1) is 9.66. The molecule has 1 fully saturated rings. The third-order valence-electron chi connectivity index (χ3n) is 4.43. The van der Waals surface area contributed by atoms with E-state index in [0.29, 0.717) is 16.2 Å². The number of fused-ring (bicyclic) bond motifs is 1. The molecule has 1 aliphatic carbocycles. The molecule has 4 heteroatoms. The largest absolute Gasteiger partial charge is 0.454 e. The summed E-state index contributed by atoms with van der Waals surface area (Å²) in [4.78, 5) is 0. The van der Waals surface area contributed by atoms with Crippen molar-refractivity contribution in [3.63, 3.8) is 0 Å². The van der Waals surface area contributed by atoms with Crippen LogP contribution in [-0.2, 0) is 6.54 Å². The summed E-state index contributed by atoms with van der Waals surface area (Å²) < 4.78 is 10.7. The molecule has 1 saturated carbocycles. The fraction of sp³-hybridized carbons (Fsp3) is 0.625. The molecular weight excluding hydrogens is 274 g/mol. The van der Waals surface area contributed by atoms with Crippen LogP contribution in [-0.4, -0.2) is 13.3 Å². The Morgan fingerprint density at radius 3 is 2.80 bits per heavy atom. The molecule has 0 radical (unpaired) electrons. The smallest absolute Gasteiger partial charge is 0.231 e. The lowest BCUT2D eigenvalue weighted by Gasteiger charge is -2.33. The molecule has 1 heterocycles. The van der Waals surface area contributed by atoms with Crippen molar-refractivity contribution in [2.75, 3.05) is 13.3 Å².